The van der Waals surface area contributed by atoms with Gasteiger partial charge in [-0.15, -0.1) is 0 Å². The number of hydrogen-bond donors (Lipinski definition) is 0. The van der Waals surface area contributed by atoms with Crippen molar-refractivity contribution >= 4 is 10.8 Å². The Morgan fingerprint density at radius 1 is 0.190 bits per heavy atom. The monoisotopic (exact) mass is 739 g/mol. The molecule has 0 unspecified atom stereocenters. The van der Waals surface area contributed by atoms with Crippen LogP contribution in [0.3, 0.4) is 0 Å². The Kier molecular flexibility index (Phi) is 9.23. The lowest BCUT2D eigenvalue weighted by molar-refractivity contribution is 1.07. The van der Waals surface area contributed by atoms with Crippen LogP contribution in [-0.4, -0.2) is 15.0 Å². The van der Waals surface area contributed by atoms with Gasteiger partial charge < -0.3 is 0 Å². The average Bonchev–Trinajstić information content (AvgIpc) is 3.32. The van der Waals surface area contributed by atoms with Crippen LogP contribution in [0.25, 0.3) is 101 Å². The molecule has 0 amide bonds. The second-order valence-electron chi connectivity index (χ2n) is 14.5. The van der Waals surface area contributed by atoms with Crippen LogP contribution in [0, 0.1) is 0 Å². The molecule has 0 aliphatic carbocycles. The largest absolute Gasteiger partial charge is 0.208 e. The van der Waals surface area contributed by atoms with Crippen molar-refractivity contribution in [2.24, 2.45) is 0 Å². The van der Waals surface area contributed by atoms with E-state index in [1.807, 2.05) is 12.1 Å². The molecule has 0 saturated carbocycles. The molecule has 3 nitrogen and oxygen atoms in total. The first kappa shape index (κ1) is 34.7. The van der Waals surface area contributed by atoms with Gasteiger partial charge in [0.1, 0.15) is 0 Å². The normalized spacial score (nSPS) is 11.1. The van der Waals surface area contributed by atoms with Gasteiger partial charge >= 0.3 is 0 Å². The highest BCUT2D eigenvalue weighted by molar-refractivity contribution is 5.93. The minimum absolute atomic E-state index is 0.620. The van der Waals surface area contributed by atoms with Gasteiger partial charge in [0.25, 0.3) is 0 Å². The molecule has 0 aliphatic rings. The molecule has 0 fully saturated rings. The molecular weight excluding hydrogens is 703 g/mol. The molecule has 0 N–H and O–H groups in total. The highest BCUT2D eigenvalue weighted by Crippen LogP contribution is 2.38. The van der Waals surface area contributed by atoms with Crippen molar-refractivity contribution in [1.29, 1.82) is 0 Å². The summed E-state index contributed by atoms with van der Waals surface area (Å²) < 4.78 is 0. The molecule has 10 aromatic rings. The molecule has 1 heterocycles. The molecular formula is C55H37N3. The third kappa shape index (κ3) is 7.09. The first-order valence-electron chi connectivity index (χ1n) is 19.6. The van der Waals surface area contributed by atoms with Crippen LogP contribution in [0.1, 0.15) is 0 Å². The van der Waals surface area contributed by atoms with Crippen molar-refractivity contribution in [3.63, 3.8) is 0 Å². The van der Waals surface area contributed by atoms with E-state index in [1.54, 1.807) is 0 Å². The van der Waals surface area contributed by atoms with Crippen molar-refractivity contribution in [1.82, 2.24) is 15.0 Å². The molecule has 1 aromatic heterocycles. The van der Waals surface area contributed by atoms with Crippen molar-refractivity contribution in [2.75, 3.05) is 0 Å². The molecule has 0 saturated heterocycles. The highest BCUT2D eigenvalue weighted by Gasteiger charge is 2.16. The average molecular weight is 740 g/mol. The Morgan fingerprint density at radius 3 is 1.14 bits per heavy atom. The Labute approximate surface area is 338 Å². The summed E-state index contributed by atoms with van der Waals surface area (Å²) in [7, 11) is 0. The molecule has 0 radical (unpaired) electrons. The van der Waals surface area contributed by atoms with Crippen molar-refractivity contribution in [3.8, 4) is 89.8 Å². The number of hydrogen-bond acceptors (Lipinski definition) is 3. The van der Waals surface area contributed by atoms with Gasteiger partial charge in [-0.3, -0.25) is 0 Å². The van der Waals surface area contributed by atoms with Crippen LogP contribution >= 0.6 is 0 Å². The Balaban J connectivity index is 1.09. The lowest BCUT2D eigenvalue weighted by atomic mass is 9.89. The second-order valence-corrected chi connectivity index (χ2v) is 14.5. The van der Waals surface area contributed by atoms with E-state index in [0.29, 0.717) is 17.5 Å². The number of rotatable bonds is 8. The van der Waals surface area contributed by atoms with Crippen molar-refractivity contribution < 1.29 is 0 Å². The molecule has 0 bridgehead atoms. The van der Waals surface area contributed by atoms with Gasteiger partial charge in [-0.1, -0.05) is 206 Å². The maximum absolute atomic E-state index is 5.15. The predicted molar refractivity (Wildman–Crippen MR) is 241 cm³/mol. The van der Waals surface area contributed by atoms with Gasteiger partial charge in [0.05, 0.1) is 0 Å². The van der Waals surface area contributed by atoms with Crippen LogP contribution in [-0.2, 0) is 0 Å². The van der Waals surface area contributed by atoms with Gasteiger partial charge in [-0.05, 0) is 84.6 Å². The third-order valence-electron chi connectivity index (χ3n) is 10.8. The van der Waals surface area contributed by atoms with E-state index in [2.05, 4.69) is 212 Å². The zero-order valence-corrected chi connectivity index (χ0v) is 31.7. The standard InChI is InChI=1S/C55H37N3/c1-4-13-38(14-5-1)42-23-28-44(29-24-42)53-56-54(45-30-25-43(26-31-45)39-15-6-2-7-16-39)58-55(57-53)50-22-12-21-48(36-50)51-34-33-47(40-17-8-3-9-18-40)37-52(51)49-32-27-41-19-10-11-20-46(41)35-49/h1-37H. The Bertz CT molecular complexity index is 2910. The van der Waals surface area contributed by atoms with E-state index in [0.717, 1.165) is 38.9 Å². The van der Waals surface area contributed by atoms with E-state index in [-0.39, 0.29) is 0 Å². The maximum atomic E-state index is 5.15. The fourth-order valence-electron chi connectivity index (χ4n) is 7.68. The summed E-state index contributed by atoms with van der Waals surface area (Å²) in [6, 6.07) is 79.0. The van der Waals surface area contributed by atoms with E-state index < -0.39 is 0 Å². The minimum Gasteiger partial charge on any atom is -0.208 e. The summed E-state index contributed by atoms with van der Waals surface area (Å²) in [4.78, 5) is 15.4. The SMILES string of the molecule is c1ccc(-c2ccc(-c3nc(-c4ccc(-c5ccccc5)cc4)nc(-c4cccc(-c5ccc(-c6ccccc6)cc5-c5ccc6ccccc6c5)c4)n3)cc2)cc1. The second kappa shape index (κ2) is 15.4. The van der Waals surface area contributed by atoms with Crippen molar-refractivity contribution in [2.45, 2.75) is 0 Å². The lowest BCUT2D eigenvalue weighted by Gasteiger charge is -2.15. The summed E-state index contributed by atoms with van der Waals surface area (Å²) in [5.74, 6) is 1.87. The fourth-order valence-corrected chi connectivity index (χ4v) is 7.68. The lowest BCUT2D eigenvalue weighted by Crippen LogP contribution is -2.00. The zero-order valence-electron chi connectivity index (χ0n) is 31.7. The van der Waals surface area contributed by atoms with Gasteiger partial charge in [0.15, 0.2) is 17.5 Å². The smallest absolute Gasteiger partial charge is 0.164 e. The predicted octanol–water partition coefficient (Wildman–Crippen LogP) is 14.4. The van der Waals surface area contributed by atoms with Crippen molar-refractivity contribution in [3.05, 3.63) is 224 Å². The van der Waals surface area contributed by atoms with Crippen LogP contribution in [0.5, 0.6) is 0 Å². The van der Waals surface area contributed by atoms with E-state index in [1.165, 1.54) is 44.2 Å². The zero-order chi connectivity index (χ0) is 38.7. The Hall–Kier alpha value is -7.75. The number of benzene rings is 9. The minimum atomic E-state index is 0.620. The summed E-state index contributed by atoms with van der Waals surface area (Å²) in [6.07, 6.45) is 0. The first-order chi connectivity index (χ1) is 28.7. The summed E-state index contributed by atoms with van der Waals surface area (Å²) in [5.41, 5.74) is 14.3. The third-order valence-corrected chi connectivity index (χ3v) is 10.8. The molecule has 3 heteroatoms. The van der Waals surface area contributed by atoms with Gasteiger partial charge in [0, 0.05) is 16.7 Å². The van der Waals surface area contributed by atoms with Gasteiger partial charge in [-0.25, -0.2) is 15.0 Å². The van der Waals surface area contributed by atoms with Gasteiger partial charge in [0.2, 0.25) is 0 Å². The number of fused-ring (bicyclic) bond motifs is 1. The first-order valence-corrected chi connectivity index (χ1v) is 19.6. The Morgan fingerprint density at radius 2 is 0.569 bits per heavy atom. The molecule has 0 spiro atoms. The van der Waals surface area contributed by atoms with E-state index >= 15 is 0 Å². The number of nitrogens with zero attached hydrogens (tertiary/aromatic N) is 3. The maximum Gasteiger partial charge on any atom is 0.164 e. The highest BCUT2D eigenvalue weighted by atomic mass is 15.0. The molecule has 9 aromatic carbocycles. The summed E-state index contributed by atoms with van der Waals surface area (Å²) in [6.45, 7) is 0. The molecule has 272 valence electrons. The van der Waals surface area contributed by atoms with Crippen LogP contribution < -0.4 is 0 Å². The van der Waals surface area contributed by atoms with Crippen LogP contribution in [0.15, 0.2) is 224 Å². The molecule has 0 atom stereocenters. The summed E-state index contributed by atoms with van der Waals surface area (Å²) in [5, 5.41) is 2.43. The summed E-state index contributed by atoms with van der Waals surface area (Å²) >= 11 is 0. The van der Waals surface area contributed by atoms with Gasteiger partial charge in [-0.2, -0.15) is 0 Å². The number of aromatic nitrogens is 3. The fraction of sp³-hybridized carbons (Fsp3) is 0. The van der Waals surface area contributed by atoms with E-state index in [4.69, 9.17) is 15.0 Å². The van der Waals surface area contributed by atoms with E-state index in [9.17, 15) is 0 Å². The molecule has 58 heavy (non-hydrogen) atoms. The molecule has 0 aliphatic heterocycles. The topological polar surface area (TPSA) is 38.7 Å². The molecule has 10 rings (SSSR count). The quantitative estimate of drug-likeness (QED) is 0.156. The van der Waals surface area contributed by atoms with Crippen LogP contribution in [0.4, 0.5) is 0 Å². The van der Waals surface area contributed by atoms with Crippen LogP contribution in [0.2, 0.25) is 0 Å².